The number of nitrogens with zero attached hydrogens (tertiary/aromatic N) is 4. The molecule has 0 saturated heterocycles. The number of carbonyl (C=O) groups excluding carboxylic acids is 1. The smallest absolute Gasteiger partial charge is 0.272 e. The fourth-order valence-electron chi connectivity index (χ4n) is 2.80. The van der Waals surface area contributed by atoms with Gasteiger partial charge >= 0.3 is 0 Å². The molecule has 116 valence electrons. The number of hydrogen-bond donors (Lipinski definition) is 0. The molecule has 3 rings (SSSR count). The van der Waals surface area contributed by atoms with Gasteiger partial charge in [0, 0.05) is 38.5 Å². The molecule has 2 aromatic rings. The highest BCUT2D eigenvalue weighted by Gasteiger charge is 2.26. The molecule has 6 nitrogen and oxygen atoms in total. The van der Waals surface area contributed by atoms with Crippen LogP contribution in [0.2, 0.25) is 0 Å². The highest BCUT2D eigenvalue weighted by Crippen LogP contribution is 2.18. The van der Waals surface area contributed by atoms with Gasteiger partial charge in [0.1, 0.15) is 5.69 Å². The fraction of sp³-hybridized carbons (Fsp3) is 0.438. The average Bonchev–Trinajstić information content (AvgIpc) is 2.86. The van der Waals surface area contributed by atoms with Crippen LogP contribution in [0.3, 0.4) is 0 Å². The first-order valence-corrected chi connectivity index (χ1v) is 7.37. The zero-order valence-electron chi connectivity index (χ0n) is 12.9. The van der Waals surface area contributed by atoms with Crippen molar-refractivity contribution in [2.45, 2.75) is 20.0 Å². The third-order valence-corrected chi connectivity index (χ3v) is 3.90. The Morgan fingerprint density at radius 3 is 2.95 bits per heavy atom. The second-order valence-corrected chi connectivity index (χ2v) is 5.77. The number of rotatable bonds is 3. The summed E-state index contributed by atoms with van der Waals surface area (Å²) in [5.41, 5.74) is 2.57. The lowest BCUT2D eigenvalue weighted by molar-refractivity contribution is 0.0661. The van der Waals surface area contributed by atoms with E-state index in [2.05, 4.69) is 14.5 Å². The molecule has 6 heteroatoms. The topological polar surface area (TPSA) is 60.2 Å². The highest BCUT2D eigenvalue weighted by molar-refractivity contribution is 5.92. The first-order valence-electron chi connectivity index (χ1n) is 7.37. The van der Waals surface area contributed by atoms with Crippen LogP contribution in [0, 0.1) is 12.8 Å². The molecule has 0 fully saturated rings. The zero-order valence-corrected chi connectivity index (χ0v) is 12.9. The monoisotopic (exact) mass is 300 g/mol. The highest BCUT2D eigenvalue weighted by atomic mass is 16.5. The van der Waals surface area contributed by atoms with E-state index < -0.39 is 0 Å². The molecular formula is C16H20N4O2. The summed E-state index contributed by atoms with van der Waals surface area (Å²) in [5, 5.41) is 0. The molecule has 0 unspecified atom stereocenters. The molecule has 3 heterocycles. The minimum Gasteiger partial charge on any atom is -0.384 e. The van der Waals surface area contributed by atoms with Gasteiger partial charge in [0.25, 0.3) is 5.91 Å². The number of amides is 1. The Labute approximate surface area is 129 Å². The fourth-order valence-corrected chi connectivity index (χ4v) is 2.80. The van der Waals surface area contributed by atoms with Crippen LogP contribution in [-0.4, -0.2) is 45.6 Å². The number of fused-ring (bicyclic) bond motifs is 1. The Hall–Kier alpha value is -2.21. The van der Waals surface area contributed by atoms with Crippen molar-refractivity contribution >= 4 is 5.91 Å². The van der Waals surface area contributed by atoms with Crippen LogP contribution in [0.4, 0.5) is 0 Å². The molecule has 1 aliphatic heterocycles. The number of carbonyl (C=O) groups is 1. The van der Waals surface area contributed by atoms with Crippen LogP contribution in [0.15, 0.2) is 30.9 Å². The molecule has 0 spiro atoms. The van der Waals surface area contributed by atoms with E-state index in [1.807, 2.05) is 30.4 Å². The number of imidazole rings is 1. The van der Waals surface area contributed by atoms with Gasteiger partial charge in [0.05, 0.1) is 25.2 Å². The van der Waals surface area contributed by atoms with Gasteiger partial charge in [-0.3, -0.25) is 9.78 Å². The van der Waals surface area contributed by atoms with E-state index in [4.69, 9.17) is 4.74 Å². The van der Waals surface area contributed by atoms with Crippen molar-refractivity contribution < 1.29 is 9.53 Å². The third-order valence-electron chi connectivity index (χ3n) is 3.90. The van der Waals surface area contributed by atoms with Crippen molar-refractivity contribution in [1.82, 2.24) is 19.4 Å². The van der Waals surface area contributed by atoms with Gasteiger partial charge < -0.3 is 14.2 Å². The summed E-state index contributed by atoms with van der Waals surface area (Å²) in [7, 11) is 1.69. The molecule has 0 saturated carbocycles. The maximum absolute atomic E-state index is 12.7. The predicted octanol–water partition coefficient (Wildman–Crippen LogP) is 1.51. The molecule has 0 aromatic carbocycles. The minimum absolute atomic E-state index is 0.0456. The van der Waals surface area contributed by atoms with E-state index in [1.165, 1.54) is 0 Å². The molecule has 0 bridgehead atoms. The Kier molecular flexibility index (Phi) is 4.20. The molecule has 0 N–H and O–H groups in total. The van der Waals surface area contributed by atoms with Gasteiger partial charge in [-0.1, -0.05) is 6.07 Å². The summed E-state index contributed by atoms with van der Waals surface area (Å²) in [5.74, 6) is 0.200. The molecule has 1 amide bonds. The van der Waals surface area contributed by atoms with Crippen molar-refractivity contribution in [2.75, 3.05) is 20.3 Å². The summed E-state index contributed by atoms with van der Waals surface area (Å²) >= 11 is 0. The van der Waals surface area contributed by atoms with Gasteiger partial charge in [-0.2, -0.15) is 0 Å². The average molecular weight is 300 g/mol. The van der Waals surface area contributed by atoms with Crippen molar-refractivity contribution in [3.63, 3.8) is 0 Å². The largest absolute Gasteiger partial charge is 0.384 e. The number of aromatic nitrogens is 3. The van der Waals surface area contributed by atoms with Crippen LogP contribution in [0.1, 0.15) is 21.7 Å². The SMILES string of the molecule is COC[C@@H]1CN(C(=O)c2ccc(C)cn2)Cc2cncn2C1. The summed E-state index contributed by atoms with van der Waals surface area (Å²) in [6, 6.07) is 3.69. The molecule has 0 aliphatic carbocycles. The normalized spacial score (nSPS) is 17.9. The van der Waals surface area contributed by atoms with Crippen LogP contribution in [-0.2, 0) is 17.8 Å². The second kappa shape index (κ2) is 6.27. The molecule has 0 radical (unpaired) electrons. The quantitative estimate of drug-likeness (QED) is 0.862. The second-order valence-electron chi connectivity index (χ2n) is 5.77. The molecule has 1 atom stereocenters. The van der Waals surface area contributed by atoms with Crippen LogP contribution < -0.4 is 0 Å². The van der Waals surface area contributed by atoms with Crippen molar-refractivity contribution in [3.05, 3.63) is 47.8 Å². The van der Waals surface area contributed by atoms with Gasteiger partial charge in [-0.05, 0) is 18.6 Å². The lowest BCUT2D eigenvalue weighted by atomic mass is 10.1. The van der Waals surface area contributed by atoms with Crippen LogP contribution >= 0.6 is 0 Å². The summed E-state index contributed by atoms with van der Waals surface area (Å²) in [4.78, 5) is 23.0. The molecule has 22 heavy (non-hydrogen) atoms. The van der Waals surface area contributed by atoms with Gasteiger partial charge in [0.2, 0.25) is 0 Å². The minimum atomic E-state index is -0.0456. The Morgan fingerprint density at radius 2 is 2.23 bits per heavy atom. The molecule has 2 aromatic heterocycles. The Bertz CT molecular complexity index is 650. The lowest BCUT2D eigenvalue weighted by Gasteiger charge is -2.23. The summed E-state index contributed by atoms with van der Waals surface area (Å²) < 4.78 is 7.39. The number of pyridine rings is 1. The lowest BCUT2D eigenvalue weighted by Crippen LogP contribution is -2.35. The number of methoxy groups -OCH3 is 1. The van der Waals surface area contributed by atoms with E-state index in [9.17, 15) is 4.79 Å². The van der Waals surface area contributed by atoms with Crippen molar-refractivity contribution in [2.24, 2.45) is 5.92 Å². The standard InChI is InChI=1S/C16H20N4O2/c1-12-3-4-15(18-5-12)16(21)19-7-13(10-22-2)8-20-11-17-6-14(20)9-19/h3-6,11,13H,7-10H2,1-2H3/t13-/m1/s1. The number of hydrogen-bond acceptors (Lipinski definition) is 4. The first-order chi connectivity index (χ1) is 10.7. The van der Waals surface area contributed by atoms with Crippen LogP contribution in [0.5, 0.6) is 0 Å². The van der Waals surface area contributed by atoms with Gasteiger partial charge in [-0.15, -0.1) is 0 Å². The summed E-state index contributed by atoms with van der Waals surface area (Å²) in [6.07, 6.45) is 5.36. The van der Waals surface area contributed by atoms with Crippen molar-refractivity contribution in [1.29, 1.82) is 0 Å². The Morgan fingerprint density at radius 1 is 1.36 bits per heavy atom. The van der Waals surface area contributed by atoms with E-state index in [0.29, 0.717) is 25.4 Å². The third kappa shape index (κ3) is 3.01. The zero-order chi connectivity index (χ0) is 15.5. The van der Waals surface area contributed by atoms with E-state index in [-0.39, 0.29) is 11.8 Å². The maximum Gasteiger partial charge on any atom is 0.272 e. The number of aryl methyl sites for hydroxylation is 1. The molecule has 1 aliphatic rings. The Balaban J connectivity index is 1.85. The maximum atomic E-state index is 12.7. The van der Waals surface area contributed by atoms with Gasteiger partial charge in [0.15, 0.2) is 0 Å². The van der Waals surface area contributed by atoms with Gasteiger partial charge in [-0.25, -0.2) is 4.98 Å². The first kappa shape index (κ1) is 14.7. The van der Waals surface area contributed by atoms with Crippen LogP contribution in [0.25, 0.3) is 0 Å². The predicted molar refractivity (Wildman–Crippen MR) is 81.3 cm³/mol. The molecular weight excluding hydrogens is 280 g/mol. The van der Waals surface area contributed by atoms with E-state index in [1.54, 1.807) is 19.4 Å². The van der Waals surface area contributed by atoms with E-state index in [0.717, 1.165) is 17.8 Å². The van der Waals surface area contributed by atoms with E-state index >= 15 is 0 Å². The number of ether oxygens (including phenoxy) is 1. The van der Waals surface area contributed by atoms with Crippen molar-refractivity contribution in [3.8, 4) is 0 Å². The summed E-state index contributed by atoms with van der Waals surface area (Å²) in [6.45, 7) is 4.59.